The minimum absolute atomic E-state index is 0.0291. The summed E-state index contributed by atoms with van der Waals surface area (Å²) < 4.78 is 0. The van der Waals surface area contributed by atoms with Crippen LogP contribution in [0.5, 0.6) is 0 Å². The fourth-order valence-corrected chi connectivity index (χ4v) is 2.99. The molecule has 0 radical (unpaired) electrons. The average molecular weight is 338 g/mol. The van der Waals surface area contributed by atoms with Gasteiger partial charge in [0.15, 0.2) is 6.54 Å². The van der Waals surface area contributed by atoms with Gasteiger partial charge in [0.25, 0.3) is 11.6 Å². The lowest BCUT2D eigenvalue weighted by molar-refractivity contribution is -0.886. The van der Waals surface area contributed by atoms with Crippen molar-refractivity contribution in [1.82, 2.24) is 0 Å². The number of nitro benzene ring substituents is 1. The van der Waals surface area contributed by atoms with E-state index >= 15 is 0 Å². The summed E-state index contributed by atoms with van der Waals surface area (Å²) in [6, 6.07) is 16.3. The molecule has 0 aliphatic carbocycles. The van der Waals surface area contributed by atoms with Gasteiger partial charge in [0.1, 0.15) is 0 Å². The van der Waals surface area contributed by atoms with Crippen LogP contribution in [0, 0.1) is 10.1 Å². The first-order chi connectivity index (χ1) is 12.1. The van der Waals surface area contributed by atoms with E-state index in [0.29, 0.717) is 12.2 Å². The van der Waals surface area contributed by atoms with Gasteiger partial charge in [-0.05, 0) is 23.3 Å². The highest BCUT2D eigenvalue weighted by Gasteiger charge is 2.19. The van der Waals surface area contributed by atoms with Gasteiger partial charge in [-0.2, -0.15) is 0 Å². The number of rotatable bonds is 5. The molecule has 3 rings (SSSR count). The Kier molecular flexibility index (Phi) is 5.20. The van der Waals surface area contributed by atoms with E-state index in [-0.39, 0.29) is 11.6 Å². The van der Waals surface area contributed by atoms with Crippen molar-refractivity contribution >= 4 is 22.9 Å². The molecule has 6 heteroatoms. The number of amides is 1. The number of quaternary nitrogens is 1. The van der Waals surface area contributed by atoms with Crippen LogP contribution in [0.2, 0.25) is 0 Å². The molecule has 1 aliphatic rings. The maximum atomic E-state index is 12.2. The van der Waals surface area contributed by atoms with Crippen LogP contribution < -0.4 is 10.2 Å². The fraction of sp³-hybridized carbons (Fsp3) is 0.211. The Morgan fingerprint density at radius 3 is 2.64 bits per heavy atom. The quantitative estimate of drug-likeness (QED) is 0.646. The smallest absolute Gasteiger partial charge is 0.279 e. The van der Waals surface area contributed by atoms with Crippen molar-refractivity contribution < 1.29 is 14.6 Å². The van der Waals surface area contributed by atoms with Crippen molar-refractivity contribution in [3.63, 3.8) is 0 Å². The van der Waals surface area contributed by atoms with Crippen LogP contribution in [0.15, 0.2) is 60.7 Å². The Labute approximate surface area is 145 Å². The normalized spacial score (nSPS) is 16.8. The summed E-state index contributed by atoms with van der Waals surface area (Å²) in [6.07, 6.45) is 3.12. The summed E-state index contributed by atoms with van der Waals surface area (Å²) in [6.45, 7) is 2.04. The number of benzene rings is 2. The van der Waals surface area contributed by atoms with Crippen LogP contribution in [0.3, 0.4) is 0 Å². The second-order valence-corrected chi connectivity index (χ2v) is 6.08. The van der Waals surface area contributed by atoms with Crippen molar-refractivity contribution in [1.29, 1.82) is 0 Å². The van der Waals surface area contributed by atoms with Crippen LogP contribution >= 0.6 is 0 Å². The van der Waals surface area contributed by atoms with E-state index < -0.39 is 4.92 Å². The highest BCUT2D eigenvalue weighted by molar-refractivity contribution is 5.91. The molecule has 0 fully saturated rings. The molecule has 2 N–H and O–H groups in total. The van der Waals surface area contributed by atoms with Crippen molar-refractivity contribution in [3.05, 3.63) is 76.4 Å². The molecular weight excluding hydrogens is 318 g/mol. The predicted octanol–water partition coefficient (Wildman–Crippen LogP) is 1.91. The molecule has 1 heterocycles. The van der Waals surface area contributed by atoms with Gasteiger partial charge < -0.3 is 10.2 Å². The summed E-state index contributed by atoms with van der Waals surface area (Å²) in [4.78, 5) is 23.7. The summed E-state index contributed by atoms with van der Waals surface area (Å²) >= 11 is 0. The van der Waals surface area contributed by atoms with E-state index in [9.17, 15) is 14.9 Å². The molecule has 2 aromatic carbocycles. The molecule has 1 aliphatic heterocycles. The highest BCUT2D eigenvalue weighted by atomic mass is 16.6. The van der Waals surface area contributed by atoms with E-state index in [1.807, 2.05) is 18.2 Å². The minimum atomic E-state index is -0.471. The minimum Gasteiger partial charge on any atom is -0.324 e. The summed E-state index contributed by atoms with van der Waals surface area (Å²) in [5, 5.41) is 13.5. The number of anilines is 1. The predicted molar refractivity (Wildman–Crippen MR) is 96.3 cm³/mol. The van der Waals surface area contributed by atoms with Gasteiger partial charge in [-0.1, -0.05) is 36.4 Å². The van der Waals surface area contributed by atoms with Crippen molar-refractivity contribution in [2.45, 2.75) is 6.42 Å². The molecule has 2 aromatic rings. The van der Waals surface area contributed by atoms with Gasteiger partial charge in [-0.3, -0.25) is 14.9 Å². The maximum Gasteiger partial charge on any atom is 0.279 e. The molecule has 0 aromatic heterocycles. The molecule has 1 amide bonds. The van der Waals surface area contributed by atoms with Gasteiger partial charge in [0, 0.05) is 24.2 Å². The monoisotopic (exact) mass is 338 g/mol. The lowest BCUT2D eigenvalue weighted by Gasteiger charge is -2.23. The third kappa shape index (κ3) is 4.51. The van der Waals surface area contributed by atoms with E-state index in [1.165, 1.54) is 28.2 Å². The van der Waals surface area contributed by atoms with Gasteiger partial charge >= 0.3 is 0 Å². The number of nitro groups is 1. The number of carbonyl (C=O) groups is 1. The first-order valence-electron chi connectivity index (χ1n) is 8.24. The topological polar surface area (TPSA) is 76.7 Å². The summed E-state index contributed by atoms with van der Waals surface area (Å²) in [5.41, 5.74) is 2.99. The Morgan fingerprint density at radius 1 is 1.16 bits per heavy atom. The molecule has 25 heavy (non-hydrogen) atoms. The largest absolute Gasteiger partial charge is 0.324 e. The molecule has 0 bridgehead atoms. The Morgan fingerprint density at radius 2 is 1.96 bits per heavy atom. The van der Waals surface area contributed by atoms with E-state index in [1.54, 1.807) is 12.1 Å². The summed E-state index contributed by atoms with van der Waals surface area (Å²) in [7, 11) is 0. The Bertz CT molecular complexity index is 803. The first-order valence-corrected chi connectivity index (χ1v) is 8.24. The fourth-order valence-electron chi connectivity index (χ4n) is 2.99. The van der Waals surface area contributed by atoms with Crippen LogP contribution in [-0.2, 0) is 4.79 Å². The van der Waals surface area contributed by atoms with Crippen LogP contribution in [-0.4, -0.2) is 30.5 Å². The third-order valence-electron chi connectivity index (χ3n) is 4.28. The van der Waals surface area contributed by atoms with Crippen molar-refractivity contribution in [3.8, 4) is 0 Å². The number of nitrogens with one attached hydrogen (secondary N) is 2. The number of nitrogens with zero attached hydrogens (tertiary/aromatic N) is 1. The molecule has 0 saturated carbocycles. The lowest BCUT2D eigenvalue weighted by atomic mass is 10.00. The highest BCUT2D eigenvalue weighted by Crippen LogP contribution is 2.18. The van der Waals surface area contributed by atoms with E-state index in [2.05, 4.69) is 23.5 Å². The van der Waals surface area contributed by atoms with Crippen molar-refractivity contribution in [2.75, 3.05) is 25.0 Å². The van der Waals surface area contributed by atoms with E-state index in [4.69, 9.17) is 0 Å². The second kappa shape index (κ2) is 7.72. The molecule has 1 atom stereocenters. The third-order valence-corrected chi connectivity index (χ3v) is 4.28. The zero-order chi connectivity index (χ0) is 17.6. The molecule has 0 spiro atoms. The van der Waals surface area contributed by atoms with Gasteiger partial charge in [-0.25, -0.2) is 0 Å². The zero-order valence-corrected chi connectivity index (χ0v) is 13.8. The Hall–Kier alpha value is -2.99. The lowest BCUT2D eigenvalue weighted by Crippen LogP contribution is -3.13. The zero-order valence-electron chi connectivity index (χ0n) is 13.8. The molecule has 6 nitrogen and oxygen atoms in total. The number of carbonyl (C=O) groups excluding carboxylic acids is 1. The van der Waals surface area contributed by atoms with Crippen LogP contribution in [0.25, 0.3) is 5.57 Å². The molecule has 128 valence electrons. The Balaban J connectivity index is 1.55. The summed E-state index contributed by atoms with van der Waals surface area (Å²) in [5.74, 6) is -0.132. The van der Waals surface area contributed by atoms with Crippen LogP contribution in [0.1, 0.15) is 12.0 Å². The number of hydrogen-bond acceptors (Lipinski definition) is 3. The maximum absolute atomic E-state index is 12.2. The number of non-ortho nitro benzene ring substituents is 1. The van der Waals surface area contributed by atoms with Crippen LogP contribution in [0.4, 0.5) is 11.4 Å². The van der Waals surface area contributed by atoms with Gasteiger partial charge in [-0.15, -0.1) is 0 Å². The molecule has 1 unspecified atom stereocenters. The second-order valence-electron chi connectivity index (χ2n) is 6.08. The number of hydrogen-bond donors (Lipinski definition) is 2. The molecular formula is C19H20N3O3+. The standard InChI is InChI=1S/C19H19N3O3/c23-19(20-17-7-4-8-18(13-17)22(24)25)14-21-11-9-16(10-12-21)15-5-2-1-3-6-15/h1-9,13H,10-12,14H2,(H,20,23)/p+1. The van der Waals surface area contributed by atoms with Gasteiger partial charge in [0.2, 0.25) is 0 Å². The SMILES string of the molecule is O=C(C[NH+]1CC=C(c2ccccc2)CC1)Nc1cccc([N+](=O)[O-])c1. The van der Waals surface area contributed by atoms with Gasteiger partial charge in [0.05, 0.1) is 18.0 Å². The van der Waals surface area contributed by atoms with E-state index in [0.717, 1.165) is 19.5 Å². The van der Waals surface area contributed by atoms with Crippen molar-refractivity contribution in [2.24, 2.45) is 0 Å². The molecule has 0 saturated heterocycles. The first kappa shape index (κ1) is 16.9. The average Bonchev–Trinajstić information content (AvgIpc) is 2.63.